The first-order valence-electron chi connectivity index (χ1n) is 6.26. The molecule has 104 valence electrons. The zero-order chi connectivity index (χ0) is 14.0. The van der Waals surface area contributed by atoms with Crippen molar-refractivity contribution in [3.63, 3.8) is 0 Å². The van der Waals surface area contributed by atoms with E-state index < -0.39 is 0 Å². The molecular formula is C12H20N6O. The second-order valence-electron chi connectivity index (χ2n) is 5.60. The summed E-state index contributed by atoms with van der Waals surface area (Å²) in [6.07, 6.45) is 1.49. The number of rotatable bonds is 4. The van der Waals surface area contributed by atoms with Crippen LogP contribution in [0.15, 0.2) is 17.2 Å². The molecular weight excluding hydrogens is 244 g/mol. The van der Waals surface area contributed by atoms with Gasteiger partial charge in [-0.3, -0.25) is 0 Å². The van der Waals surface area contributed by atoms with Crippen LogP contribution in [-0.4, -0.2) is 45.3 Å². The van der Waals surface area contributed by atoms with Crippen LogP contribution in [0.4, 0.5) is 5.82 Å². The van der Waals surface area contributed by atoms with Crippen LogP contribution < -0.4 is 15.9 Å². The van der Waals surface area contributed by atoms with E-state index >= 15 is 0 Å². The number of H-pyrrole nitrogens is 1. The van der Waals surface area contributed by atoms with Gasteiger partial charge in [0.05, 0.1) is 0 Å². The van der Waals surface area contributed by atoms with E-state index in [-0.39, 0.29) is 11.2 Å². The SMILES string of the molecule is CN(CCNC(C)(C)C)c1cc2n[nH]c(=O)n2cn1. The van der Waals surface area contributed by atoms with Crippen LogP contribution in [0.2, 0.25) is 0 Å². The lowest BCUT2D eigenvalue weighted by Crippen LogP contribution is -2.40. The summed E-state index contributed by atoms with van der Waals surface area (Å²) in [6.45, 7) is 8.09. The predicted molar refractivity (Wildman–Crippen MR) is 74.6 cm³/mol. The van der Waals surface area contributed by atoms with Crippen molar-refractivity contribution >= 4 is 11.5 Å². The van der Waals surface area contributed by atoms with Crippen molar-refractivity contribution in [2.45, 2.75) is 26.3 Å². The maximum atomic E-state index is 11.3. The van der Waals surface area contributed by atoms with Gasteiger partial charge < -0.3 is 10.2 Å². The highest BCUT2D eigenvalue weighted by Crippen LogP contribution is 2.09. The lowest BCUT2D eigenvalue weighted by atomic mass is 10.1. The number of hydrogen-bond acceptors (Lipinski definition) is 5. The monoisotopic (exact) mass is 264 g/mol. The third kappa shape index (κ3) is 3.31. The Morgan fingerprint density at radius 1 is 1.47 bits per heavy atom. The highest BCUT2D eigenvalue weighted by molar-refractivity contribution is 5.49. The van der Waals surface area contributed by atoms with Gasteiger partial charge in [0.2, 0.25) is 0 Å². The molecule has 0 saturated carbocycles. The molecule has 19 heavy (non-hydrogen) atoms. The molecule has 2 aromatic rings. The van der Waals surface area contributed by atoms with Crippen LogP contribution in [0.3, 0.4) is 0 Å². The third-order valence-electron chi connectivity index (χ3n) is 2.79. The van der Waals surface area contributed by atoms with Gasteiger partial charge in [0.15, 0.2) is 5.65 Å². The smallest absolute Gasteiger partial charge is 0.348 e. The second-order valence-corrected chi connectivity index (χ2v) is 5.60. The van der Waals surface area contributed by atoms with Crippen molar-refractivity contribution in [1.29, 1.82) is 0 Å². The lowest BCUT2D eigenvalue weighted by Gasteiger charge is -2.24. The fourth-order valence-electron chi connectivity index (χ4n) is 1.72. The number of fused-ring (bicyclic) bond motifs is 1. The first-order valence-corrected chi connectivity index (χ1v) is 6.26. The van der Waals surface area contributed by atoms with Crippen molar-refractivity contribution in [2.75, 3.05) is 25.0 Å². The molecule has 7 heteroatoms. The molecule has 2 rings (SSSR count). The van der Waals surface area contributed by atoms with Crippen LogP contribution in [0.5, 0.6) is 0 Å². The second kappa shape index (κ2) is 5.00. The van der Waals surface area contributed by atoms with E-state index in [9.17, 15) is 4.79 Å². The van der Waals surface area contributed by atoms with E-state index in [4.69, 9.17) is 0 Å². The quantitative estimate of drug-likeness (QED) is 0.827. The summed E-state index contributed by atoms with van der Waals surface area (Å²) >= 11 is 0. The van der Waals surface area contributed by atoms with Crippen LogP contribution >= 0.6 is 0 Å². The Balaban J connectivity index is 2.05. The van der Waals surface area contributed by atoms with Gasteiger partial charge >= 0.3 is 5.69 Å². The zero-order valence-corrected chi connectivity index (χ0v) is 11.8. The van der Waals surface area contributed by atoms with Crippen molar-refractivity contribution in [3.8, 4) is 0 Å². The molecule has 2 N–H and O–H groups in total. The number of aromatic amines is 1. The molecule has 0 radical (unpaired) electrons. The van der Waals surface area contributed by atoms with E-state index in [2.05, 4.69) is 41.3 Å². The number of nitrogens with one attached hydrogen (secondary N) is 2. The largest absolute Gasteiger partial charge is 0.358 e. The average Bonchev–Trinajstić information content (AvgIpc) is 2.69. The van der Waals surface area contributed by atoms with Gasteiger partial charge in [0.25, 0.3) is 0 Å². The van der Waals surface area contributed by atoms with Gasteiger partial charge in [0, 0.05) is 31.7 Å². The predicted octanol–water partition coefficient (Wildman–Crippen LogP) is 0.242. The molecule has 0 bridgehead atoms. The molecule has 0 unspecified atom stereocenters. The molecule has 0 spiro atoms. The van der Waals surface area contributed by atoms with Gasteiger partial charge in [-0.1, -0.05) is 0 Å². The molecule has 0 aromatic carbocycles. The molecule has 0 saturated heterocycles. The van der Waals surface area contributed by atoms with Gasteiger partial charge in [-0.25, -0.2) is 19.3 Å². The molecule has 2 heterocycles. The molecule has 0 aliphatic carbocycles. The van der Waals surface area contributed by atoms with Crippen LogP contribution in [0.25, 0.3) is 5.65 Å². The first kappa shape index (κ1) is 13.5. The number of anilines is 1. The minimum atomic E-state index is -0.272. The summed E-state index contributed by atoms with van der Waals surface area (Å²) < 4.78 is 1.38. The Morgan fingerprint density at radius 3 is 2.89 bits per heavy atom. The Bertz CT molecular complexity index is 608. The summed E-state index contributed by atoms with van der Waals surface area (Å²) in [6, 6.07) is 1.79. The average molecular weight is 264 g/mol. The molecule has 0 aliphatic heterocycles. The Kier molecular flexibility index (Phi) is 3.57. The molecule has 0 amide bonds. The van der Waals surface area contributed by atoms with Crippen LogP contribution in [0.1, 0.15) is 20.8 Å². The Hall–Kier alpha value is -1.89. The highest BCUT2D eigenvalue weighted by Gasteiger charge is 2.10. The number of nitrogens with zero attached hydrogens (tertiary/aromatic N) is 4. The summed E-state index contributed by atoms with van der Waals surface area (Å²) in [4.78, 5) is 17.6. The van der Waals surface area contributed by atoms with Crippen molar-refractivity contribution in [2.24, 2.45) is 0 Å². The van der Waals surface area contributed by atoms with Gasteiger partial charge in [-0.05, 0) is 20.8 Å². The molecule has 7 nitrogen and oxygen atoms in total. The Labute approximate surface area is 111 Å². The Morgan fingerprint density at radius 2 is 2.21 bits per heavy atom. The molecule has 0 aliphatic rings. The topological polar surface area (TPSA) is 78.3 Å². The van der Waals surface area contributed by atoms with E-state index in [1.54, 1.807) is 6.07 Å². The van der Waals surface area contributed by atoms with E-state index in [1.807, 2.05) is 11.9 Å². The van der Waals surface area contributed by atoms with E-state index in [0.29, 0.717) is 5.65 Å². The van der Waals surface area contributed by atoms with E-state index in [1.165, 1.54) is 10.7 Å². The summed E-state index contributed by atoms with van der Waals surface area (Å²) in [5, 5.41) is 9.73. The van der Waals surface area contributed by atoms with Crippen LogP contribution in [0, 0.1) is 0 Å². The standard InChI is InChI=1S/C12H20N6O/c1-12(2,3)14-5-6-17(4)9-7-10-15-16-11(19)18(10)8-13-9/h7-8,14H,5-6H2,1-4H3,(H,16,19). The molecule has 0 atom stereocenters. The number of likely N-dealkylation sites (N-methyl/N-ethyl adjacent to an activating group) is 1. The zero-order valence-electron chi connectivity index (χ0n) is 11.8. The minimum absolute atomic E-state index is 0.105. The molecule has 2 aromatic heterocycles. The summed E-state index contributed by atoms with van der Waals surface area (Å²) in [5.74, 6) is 0.794. The normalized spacial score (nSPS) is 12.0. The number of hydrogen-bond donors (Lipinski definition) is 2. The van der Waals surface area contributed by atoms with E-state index in [0.717, 1.165) is 18.9 Å². The van der Waals surface area contributed by atoms with Crippen LogP contribution in [-0.2, 0) is 0 Å². The molecule has 0 fully saturated rings. The van der Waals surface area contributed by atoms with Gasteiger partial charge in [-0.15, -0.1) is 0 Å². The first-order chi connectivity index (χ1) is 8.87. The maximum Gasteiger partial charge on any atom is 0.348 e. The number of aromatic nitrogens is 4. The minimum Gasteiger partial charge on any atom is -0.358 e. The fraction of sp³-hybridized carbons (Fsp3) is 0.583. The van der Waals surface area contributed by atoms with Crippen molar-refractivity contribution in [1.82, 2.24) is 24.9 Å². The summed E-state index contributed by atoms with van der Waals surface area (Å²) in [5.41, 5.74) is 0.407. The summed E-state index contributed by atoms with van der Waals surface area (Å²) in [7, 11) is 1.97. The third-order valence-corrected chi connectivity index (χ3v) is 2.79. The lowest BCUT2D eigenvalue weighted by molar-refractivity contribution is 0.430. The maximum absolute atomic E-state index is 11.3. The highest BCUT2D eigenvalue weighted by atomic mass is 16.1. The fourth-order valence-corrected chi connectivity index (χ4v) is 1.72. The van der Waals surface area contributed by atoms with Gasteiger partial charge in [-0.2, -0.15) is 5.10 Å². The van der Waals surface area contributed by atoms with Gasteiger partial charge in [0.1, 0.15) is 12.1 Å². The van der Waals surface area contributed by atoms with Crippen molar-refractivity contribution < 1.29 is 0 Å². The van der Waals surface area contributed by atoms with Crippen molar-refractivity contribution in [3.05, 3.63) is 22.9 Å².